The Hall–Kier alpha value is -2.62. The van der Waals surface area contributed by atoms with Crippen molar-refractivity contribution in [2.75, 3.05) is 10.6 Å². The maximum absolute atomic E-state index is 12.4. The number of amides is 2. The van der Waals surface area contributed by atoms with Crippen molar-refractivity contribution in [3.63, 3.8) is 0 Å². The Morgan fingerprint density at radius 3 is 2.17 bits per heavy atom. The minimum atomic E-state index is -0.240. The van der Waals surface area contributed by atoms with Crippen molar-refractivity contribution in [2.24, 2.45) is 11.8 Å². The minimum Gasteiger partial charge on any atom is -0.326 e. The van der Waals surface area contributed by atoms with Gasteiger partial charge in [-0.25, -0.2) is 0 Å². The average molecular weight is 322 g/mol. The van der Waals surface area contributed by atoms with E-state index in [9.17, 15) is 9.59 Å². The van der Waals surface area contributed by atoms with Crippen molar-refractivity contribution in [1.82, 2.24) is 0 Å². The van der Waals surface area contributed by atoms with Crippen LogP contribution in [0.5, 0.6) is 0 Å². The second kappa shape index (κ2) is 6.48. The number of aryl methyl sites for hydroxylation is 2. The quantitative estimate of drug-likeness (QED) is 0.899. The molecule has 4 nitrogen and oxygen atoms in total. The summed E-state index contributed by atoms with van der Waals surface area (Å²) < 4.78 is 0. The fourth-order valence-corrected chi connectivity index (χ4v) is 2.76. The highest BCUT2D eigenvalue weighted by atomic mass is 16.2. The molecule has 2 unspecified atom stereocenters. The van der Waals surface area contributed by atoms with E-state index in [0.717, 1.165) is 28.1 Å². The van der Waals surface area contributed by atoms with E-state index in [0.29, 0.717) is 6.42 Å². The second-order valence-electron chi connectivity index (χ2n) is 6.54. The minimum absolute atomic E-state index is 0.0762. The average Bonchev–Trinajstić information content (AvgIpc) is 3.35. The molecule has 0 aliphatic heterocycles. The van der Waals surface area contributed by atoms with Crippen molar-refractivity contribution < 1.29 is 9.59 Å². The number of hydrogen-bond acceptors (Lipinski definition) is 2. The third-order valence-electron chi connectivity index (χ3n) is 4.65. The van der Waals surface area contributed by atoms with Crippen molar-refractivity contribution >= 4 is 23.2 Å². The van der Waals surface area contributed by atoms with Gasteiger partial charge in [-0.1, -0.05) is 29.8 Å². The summed E-state index contributed by atoms with van der Waals surface area (Å²) in [5, 5.41) is 5.83. The molecule has 2 aromatic rings. The SMILES string of the molecule is Cc1ccc(NC(=O)C2CC2C(=O)Nc2cccc(C)c2C)cc1. The topological polar surface area (TPSA) is 58.2 Å². The first kappa shape index (κ1) is 16.2. The zero-order valence-corrected chi connectivity index (χ0v) is 14.2. The molecule has 1 saturated carbocycles. The van der Waals surface area contributed by atoms with E-state index in [1.807, 2.05) is 63.2 Å². The molecule has 2 amide bonds. The van der Waals surface area contributed by atoms with Crippen molar-refractivity contribution in [3.8, 4) is 0 Å². The summed E-state index contributed by atoms with van der Waals surface area (Å²) in [6.45, 7) is 6.00. The molecule has 2 N–H and O–H groups in total. The molecule has 0 spiro atoms. The normalized spacial score (nSPS) is 18.8. The molecular formula is C20H22N2O2. The molecule has 1 aliphatic rings. The van der Waals surface area contributed by atoms with Gasteiger partial charge in [-0.15, -0.1) is 0 Å². The van der Waals surface area contributed by atoms with Gasteiger partial charge < -0.3 is 10.6 Å². The van der Waals surface area contributed by atoms with E-state index in [-0.39, 0.29) is 23.7 Å². The van der Waals surface area contributed by atoms with Gasteiger partial charge in [0.2, 0.25) is 11.8 Å². The Morgan fingerprint density at radius 2 is 1.50 bits per heavy atom. The van der Waals surface area contributed by atoms with E-state index in [2.05, 4.69) is 10.6 Å². The van der Waals surface area contributed by atoms with Crippen LogP contribution in [0.15, 0.2) is 42.5 Å². The fourth-order valence-electron chi connectivity index (χ4n) is 2.76. The number of nitrogens with one attached hydrogen (secondary N) is 2. The summed E-state index contributed by atoms with van der Waals surface area (Å²) in [6.07, 6.45) is 0.606. The van der Waals surface area contributed by atoms with Gasteiger partial charge in [-0.05, 0) is 56.5 Å². The number of anilines is 2. The Kier molecular flexibility index (Phi) is 4.38. The summed E-state index contributed by atoms with van der Waals surface area (Å²) in [6, 6.07) is 13.5. The van der Waals surface area contributed by atoms with Crippen LogP contribution in [0.3, 0.4) is 0 Å². The molecule has 1 fully saturated rings. The number of rotatable bonds is 4. The van der Waals surface area contributed by atoms with Gasteiger partial charge in [0.05, 0.1) is 11.8 Å². The lowest BCUT2D eigenvalue weighted by Crippen LogP contribution is -2.21. The van der Waals surface area contributed by atoms with Gasteiger partial charge in [0.25, 0.3) is 0 Å². The molecular weight excluding hydrogens is 300 g/mol. The largest absolute Gasteiger partial charge is 0.326 e. The van der Waals surface area contributed by atoms with E-state index in [4.69, 9.17) is 0 Å². The molecule has 2 atom stereocenters. The van der Waals surface area contributed by atoms with Crippen LogP contribution in [0, 0.1) is 32.6 Å². The molecule has 2 aromatic carbocycles. The third kappa shape index (κ3) is 3.48. The maximum Gasteiger partial charge on any atom is 0.228 e. The molecule has 4 heteroatoms. The molecule has 0 bridgehead atoms. The Bertz CT molecular complexity index is 781. The van der Waals surface area contributed by atoms with E-state index in [1.54, 1.807) is 0 Å². The number of hydrogen-bond donors (Lipinski definition) is 2. The summed E-state index contributed by atoms with van der Waals surface area (Å²) in [4.78, 5) is 24.6. The van der Waals surface area contributed by atoms with Gasteiger partial charge in [0.1, 0.15) is 0 Å². The standard InChI is InChI=1S/C20H22N2O2/c1-12-7-9-15(10-8-12)21-19(23)16-11-17(16)20(24)22-18-6-4-5-13(2)14(18)3/h4-10,16-17H,11H2,1-3H3,(H,21,23)(H,22,24). The van der Waals surface area contributed by atoms with Crippen LogP contribution in [0.2, 0.25) is 0 Å². The zero-order chi connectivity index (χ0) is 17.3. The Balaban J connectivity index is 1.58. The van der Waals surface area contributed by atoms with Gasteiger partial charge >= 0.3 is 0 Å². The van der Waals surface area contributed by atoms with Crippen LogP contribution in [-0.4, -0.2) is 11.8 Å². The summed E-state index contributed by atoms with van der Waals surface area (Å²) in [5.74, 6) is -0.639. The van der Waals surface area contributed by atoms with Crippen LogP contribution < -0.4 is 10.6 Å². The number of benzene rings is 2. The van der Waals surface area contributed by atoms with E-state index in [1.165, 1.54) is 0 Å². The molecule has 0 heterocycles. The molecule has 124 valence electrons. The van der Waals surface area contributed by atoms with Crippen LogP contribution in [0.4, 0.5) is 11.4 Å². The summed E-state index contributed by atoms with van der Waals surface area (Å²) in [7, 11) is 0. The Morgan fingerprint density at radius 1 is 0.875 bits per heavy atom. The molecule has 24 heavy (non-hydrogen) atoms. The second-order valence-corrected chi connectivity index (χ2v) is 6.54. The fraction of sp³-hybridized carbons (Fsp3) is 0.300. The Labute approximate surface area is 142 Å². The predicted octanol–water partition coefficient (Wildman–Crippen LogP) is 3.83. The molecule has 0 aromatic heterocycles. The first-order valence-corrected chi connectivity index (χ1v) is 8.20. The molecule has 0 saturated heterocycles. The monoisotopic (exact) mass is 322 g/mol. The molecule has 3 rings (SSSR count). The zero-order valence-electron chi connectivity index (χ0n) is 14.2. The van der Waals surface area contributed by atoms with Gasteiger partial charge in [-0.3, -0.25) is 9.59 Å². The number of carbonyl (C=O) groups excluding carboxylic acids is 2. The van der Waals surface area contributed by atoms with Crippen LogP contribution in [0.1, 0.15) is 23.1 Å². The van der Waals surface area contributed by atoms with Crippen molar-refractivity contribution in [1.29, 1.82) is 0 Å². The van der Waals surface area contributed by atoms with E-state index >= 15 is 0 Å². The third-order valence-corrected chi connectivity index (χ3v) is 4.65. The highest BCUT2D eigenvalue weighted by Crippen LogP contribution is 2.40. The number of carbonyl (C=O) groups is 2. The lowest BCUT2D eigenvalue weighted by atomic mass is 10.1. The lowest BCUT2D eigenvalue weighted by molar-refractivity contribution is -0.122. The summed E-state index contributed by atoms with van der Waals surface area (Å²) >= 11 is 0. The summed E-state index contributed by atoms with van der Waals surface area (Å²) in [5.41, 5.74) is 4.94. The van der Waals surface area contributed by atoms with Gasteiger partial charge in [0, 0.05) is 11.4 Å². The molecule has 1 aliphatic carbocycles. The lowest BCUT2D eigenvalue weighted by Gasteiger charge is -2.10. The van der Waals surface area contributed by atoms with Crippen molar-refractivity contribution in [3.05, 3.63) is 59.2 Å². The first-order valence-electron chi connectivity index (χ1n) is 8.20. The first-order chi connectivity index (χ1) is 11.5. The van der Waals surface area contributed by atoms with Crippen LogP contribution in [0.25, 0.3) is 0 Å². The highest BCUT2D eigenvalue weighted by molar-refractivity contribution is 6.03. The van der Waals surface area contributed by atoms with Crippen LogP contribution >= 0.6 is 0 Å². The maximum atomic E-state index is 12.4. The van der Waals surface area contributed by atoms with Crippen molar-refractivity contribution in [2.45, 2.75) is 27.2 Å². The van der Waals surface area contributed by atoms with Crippen LogP contribution in [-0.2, 0) is 9.59 Å². The molecule has 0 radical (unpaired) electrons. The van der Waals surface area contributed by atoms with Gasteiger partial charge in [-0.2, -0.15) is 0 Å². The predicted molar refractivity (Wildman–Crippen MR) is 96.0 cm³/mol. The highest BCUT2D eigenvalue weighted by Gasteiger charge is 2.48. The smallest absolute Gasteiger partial charge is 0.228 e. The van der Waals surface area contributed by atoms with E-state index < -0.39 is 0 Å². The van der Waals surface area contributed by atoms with Gasteiger partial charge in [0.15, 0.2) is 0 Å².